The van der Waals surface area contributed by atoms with Gasteiger partial charge in [-0.2, -0.15) is 4.98 Å². The molecule has 0 aliphatic heterocycles. The van der Waals surface area contributed by atoms with Gasteiger partial charge in [-0.3, -0.25) is 0 Å². The standard InChI is InChI=1S/C16H15N5O/c17-13-4-1-3-10-9-11(5-6-12(10)13)16-20-15(21-22-16)14-18-7-2-8-19-14/h2,5-9,13H,1,3-4,17H2. The molecule has 0 saturated heterocycles. The summed E-state index contributed by atoms with van der Waals surface area (Å²) >= 11 is 0. The van der Waals surface area contributed by atoms with E-state index in [1.807, 2.05) is 6.07 Å². The van der Waals surface area contributed by atoms with Gasteiger partial charge in [0, 0.05) is 24.0 Å². The van der Waals surface area contributed by atoms with Crippen molar-refractivity contribution < 1.29 is 4.52 Å². The van der Waals surface area contributed by atoms with Crippen molar-refractivity contribution >= 4 is 0 Å². The summed E-state index contributed by atoms with van der Waals surface area (Å²) in [7, 11) is 0. The SMILES string of the molecule is NC1CCCc2cc(-c3nc(-c4ncccn4)no3)ccc21. The van der Waals surface area contributed by atoms with Gasteiger partial charge in [0.05, 0.1) is 0 Å². The van der Waals surface area contributed by atoms with Crippen LogP contribution in [0.2, 0.25) is 0 Å². The molecule has 4 rings (SSSR count). The third kappa shape index (κ3) is 2.27. The predicted octanol–water partition coefficient (Wildman–Crippen LogP) is 2.53. The molecule has 6 nitrogen and oxygen atoms in total. The molecule has 6 heteroatoms. The first-order valence-corrected chi connectivity index (χ1v) is 7.31. The molecule has 2 aromatic heterocycles. The minimum atomic E-state index is 0.133. The van der Waals surface area contributed by atoms with Gasteiger partial charge in [-0.05, 0) is 48.6 Å². The number of nitrogens with zero attached hydrogens (tertiary/aromatic N) is 4. The van der Waals surface area contributed by atoms with Crippen molar-refractivity contribution in [2.75, 3.05) is 0 Å². The summed E-state index contributed by atoms with van der Waals surface area (Å²) < 4.78 is 5.35. The molecule has 0 amide bonds. The lowest BCUT2D eigenvalue weighted by Gasteiger charge is -2.22. The molecule has 2 heterocycles. The largest absolute Gasteiger partial charge is 0.333 e. The summed E-state index contributed by atoms with van der Waals surface area (Å²) in [5.74, 6) is 1.33. The fourth-order valence-electron chi connectivity index (χ4n) is 2.83. The molecule has 1 aliphatic rings. The van der Waals surface area contributed by atoms with E-state index >= 15 is 0 Å². The number of fused-ring (bicyclic) bond motifs is 1. The van der Waals surface area contributed by atoms with Crippen molar-refractivity contribution in [3.8, 4) is 23.1 Å². The van der Waals surface area contributed by atoms with Crippen LogP contribution in [0.1, 0.15) is 30.0 Å². The van der Waals surface area contributed by atoms with Crippen molar-refractivity contribution in [3.05, 3.63) is 47.8 Å². The zero-order valence-corrected chi connectivity index (χ0v) is 11.9. The summed E-state index contributed by atoms with van der Waals surface area (Å²) in [5.41, 5.74) is 9.55. The maximum Gasteiger partial charge on any atom is 0.258 e. The lowest BCUT2D eigenvalue weighted by atomic mass is 9.87. The van der Waals surface area contributed by atoms with Crippen LogP contribution in [0.25, 0.3) is 23.1 Å². The first-order chi connectivity index (χ1) is 10.8. The van der Waals surface area contributed by atoms with Crippen LogP contribution in [0, 0.1) is 0 Å². The first kappa shape index (κ1) is 13.1. The summed E-state index contributed by atoms with van der Waals surface area (Å²) in [6.45, 7) is 0. The molecule has 1 aromatic carbocycles. The summed E-state index contributed by atoms with van der Waals surface area (Å²) in [6.07, 6.45) is 6.50. The van der Waals surface area contributed by atoms with Gasteiger partial charge in [0.2, 0.25) is 11.6 Å². The molecule has 1 aliphatic carbocycles. The molecular formula is C16H15N5O. The lowest BCUT2D eigenvalue weighted by Crippen LogP contribution is -2.17. The molecule has 0 radical (unpaired) electrons. The molecule has 3 aromatic rings. The topological polar surface area (TPSA) is 90.7 Å². The molecule has 22 heavy (non-hydrogen) atoms. The second kappa shape index (κ2) is 5.31. The van der Waals surface area contributed by atoms with E-state index in [-0.39, 0.29) is 6.04 Å². The average Bonchev–Trinajstić information content (AvgIpc) is 3.06. The number of hydrogen-bond acceptors (Lipinski definition) is 6. The smallest absolute Gasteiger partial charge is 0.258 e. The first-order valence-electron chi connectivity index (χ1n) is 7.31. The third-order valence-corrected chi connectivity index (χ3v) is 3.94. The van der Waals surface area contributed by atoms with Crippen LogP contribution < -0.4 is 5.73 Å². The van der Waals surface area contributed by atoms with Crippen molar-refractivity contribution in [2.45, 2.75) is 25.3 Å². The Kier molecular flexibility index (Phi) is 3.16. The fraction of sp³-hybridized carbons (Fsp3) is 0.250. The van der Waals surface area contributed by atoms with Gasteiger partial charge in [0.15, 0.2) is 0 Å². The van der Waals surface area contributed by atoms with E-state index in [9.17, 15) is 0 Å². The zero-order valence-electron chi connectivity index (χ0n) is 11.9. The number of benzene rings is 1. The normalized spacial score (nSPS) is 17.2. The van der Waals surface area contributed by atoms with Crippen LogP contribution in [-0.2, 0) is 6.42 Å². The summed E-state index contributed by atoms with van der Waals surface area (Å²) in [6, 6.07) is 8.02. The van der Waals surface area contributed by atoms with Gasteiger partial charge in [-0.25, -0.2) is 9.97 Å². The second-order valence-corrected chi connectivity index (χ2v) is 5.41. The highest BCUT2D eigenvalue weighted by molar-refractivity contribution is 5.58. The second-order valence-electron chi connectivity index (χ2n) is 5.41. The molecule has 0 spiro atoms. The molecule has 0 saturated carbocycles. The van der Waals surface area contributed by atoms with Gasteiger partial charge in [0.1, 0.15) is 0 Å². The average molecular weight is 293 g/mol. The van der Waals surface area contributed by atoms with Crippen LogP contribution in [0.15, 0.2) is 41.2 Å². The summed E-state index contributed by atoms with van der Waals surface area (Å²) in [5, 5.41) is 3.95. The third-order valence-electron chi connectivity index (χ3n) is 3.94. The Morgan fingerprint density at radius 3 is 2.86 bits per heavy atom. The van der Waals surface area contributed by atoms with E-state index in [4.69, 9.17) is 10.3 Å². The molecule has 1 unspecified atom stereocenters. The number of aryl methyl sites for hydroxylation is 1. The van der Waals surface area contributed by atoms with Gasteiger partial charge in [-0.15, -0.1) is 0 Å². The van der Waals surface area contributed by atoms with E-state index in [0.717, 1.165) is 24.8 Å². The van der Waals surface area contributed by atoms with Crippen LogP contribution in [-0.4, -0.2) is 20.1 Å². The number of rotatable bonds is 2. The van der Waals surface area contributed by atoms with Crippen LogP contribution in [0.5, 0.6) is 0 Å². The van der Waals surface area contributed by atoms with Gasteiger partial charge >= 0.3 is 0 Å². The Morgan fingerprint density at radius 2 is 2.00 bits per heavy atom. The quantitative estimate of drug-likeness (QED) is 0.780. The molecule has 110 valence electrons. The molecule has 0 fully saturated rings. The van der Waals surface area contributed by atoms with E-state index in [0.29, 0.717) is 17.5 Å². The molecule has 0 bridgehead atoms. The number of nitrogens with two attached hydrogens (primary N) is 1. The zero-order chi connectivity index (χ0) is 14.9. The van der Waals surface area contributed by atoms with Crippen molar-refractivity contribution in [1.29, 1.82) is 0 Å². The highest BCUT2D eigenvalue weighted by Crippen LogP contribution is 2.31. The minimum Gasteiger partial charge on any atom is -0.333 e. The molecule has 2 N–H and O–H groups in total. The van der Waals surface area contributed by atoms with Gasteiger partial charge in [0.25, 0.3) is 5.89 Å². The predicted molar refractivity (Wildman–Crippen MR) is 80.6 cm³/mol. The number of aromatic nitrogens is 4. The van der Waals surface area contributed by atoms with Gasteiger partial charge < -0.3 is 10.3 Å². The monoisotopic (exact) mass is 293 g/mol. The summed E-state index contributed by atoms with van der Waals surface area (Å²) in [4.78, 5) is 12.6. The van der Waals surface area contributed by atoms with E-state index in [1.54, 1.807) is 18.5 Å². The van der Waals surface area contributed by atoms with E-state index in [2.05, 4.69) is 32.2 Å². The maximum atomic E-state index is 6.15. The van der Waals surface area contributed by atoms with Crippen molar-refractivity contribution in [2.24, 2.45) is 5.73 Å². The highest BCUT2D eigenvalue weighted by atomic mass is 16.5. The van der Waals surface area contributed by atoms with Crippen LogP contribution >= 0.6 is 0 Å². The maximum absolute atomic E-state index is 6.15. The van der Waals surface area contributed by atoms with E-state index in [1.165, 1.54) is 11.1 Å². The number of hydrogen-bond donors (Lipinski definition) is 1. The Morgan fingerprint density at radius 1 is 1.14 bits per heavy atom. The van der Waals surface area contributed by atoms with Crippen molar-refractivity contribution in [3.63, 3.8) is 0 Å². The fourth-order valence-corrected chi connectivity index (χ4v) is 2.83. The van der Waals surface area contributed by atoms with Crippen LogP contribution in [0.3, 0.4) is 0 Å². The lowest BCUT2D eigenvalue weighted by molar-refractivity contribution is 0.431. The van der Waals surface area contributed by atoms with Crippen LogP contribution in [0.4, 0.5) is 0 Å². The molecule has 1 atom stereocenters. The van der Waals surface area contributed by atoms with E-state index < -0.39 is 0 Å². The minimum absolute atomic E-state index is 0.133. The Labute approximate surface area is 127 Å². The Balaban J connectivity index is 1.70. The molecular weight excluding hydrogens is 278 g/mol. The Hall–Kier alpha value is -2.60. The Bertz CT molecular complexity index is 799. The highest BCUT2D eigenvalue weighted by Gasteiger charge is 2.19. The van der Waals surface area contributed by atoms with Crippen molar-refractivity contribution in [1.82, 2.24) is 20.1 Å². The van der Waals surface area contributed by atoms with Gasteiger partial charge in [-0.1, -0.05) is 11.2 Å².